The molecule has 0 atom stereocenters. The molecule has 0 spiro atoms. The smallest absolute Gasteiger partial charge is 0.227 e. The van der Waals surface area contributed by atoms with Crippen molar-refractivity contribution in [2.24, 2.45) is 0 Å². The molecule has 0 radical (unpaired) electrons. The highest BCUT2D eigenvalue weighted by Gasteiger charge is 2.13. The highest BCUT2D eigenvalue weighted by Crippen LogP contribution is 2.32. The van der Waals surface area contributed by atoms with Gasteiger partial charge in [0, 0.05) is 36.2 Å². The molecule has 7 nitrogen and oxygen atoms in total. The number of thiophene rings is 1. The number of hydrogen-bond acceptors (Lipinski definition) is 8. The number of nitrogens with zero attached hydrogens (tertiary/aromatic N) is 4. The average Bonchev–Trinajstić information content (AvgIpc) is 3.41. The molecule has 4 aromatic rings. The lowest BCUT2D eigenvalue weighted by molar-refractivity contribution is -0.116. The summed E-state index contributed by atoms with van der Waals surface area (Å²) in [4.78, 5) is 25.8. The van der Waals surface area contributed by atoms with Crippen molar-refractivity contribution in [1.29, 1.82) is 0 Å². The number of rotatable bonds is 6. The van der Waals surface area contributed by atoms with Gasteiger partial charge in [-0.05, 0) is 24.3 Å². The molecule has 0 bridgehead atoms. The fourth-order valence-electron chi connectivity index (χ4n) is 2.27. The maximum Gasteiger partial charge on any atom is 0.227 e. The zero-order valence-corrected chi connectivity index (χ0v) is 16.1. The van der Waals surface area contributed by atoms with E-state index >= 15 is 0 Å². The van der Waals surface area contributed by atoms with Crippen molar-refractivity contribution in [3.8, 4) is 22.0 Å². The van der Waals surface area contributed by atoms with Crippen LogP contribution in [0.3, 0.4) is 0 Å². The van der Waals surface area contributed by atoms with Gasteiger partial charge in [0.05, 0.1) is 14.9 Å². The minimum Gasteiger partial charge on any atom is -0.339 e. The summed E-state index contributed by atoms with van der Waals surface area (Å²) in [5.74, 6) is 0.691. The molecule has 4 heterocycles. The fraction of sp³-hybridized carbons (Fsp3) is 0.118. The van der Waals surface area contributed by atoms with Crippen LogP contribution in [0.4, 0.5) is 5.13 Å². The Kier molecular flexibility index (Phi) is 5.23. The number of pyridine rings is 1. The van der Waals surface area contributed by atoms with Gasteiger partial charge in [0.25, 0.3) is 0 Å². The molecular formula is C17H12ClN5O2S2. The number of carbonyl (C=O) groups is 1. The van der Waals surface area contributed by atoms with Gasteiger partial charge in [-0.2, -0.15) is 4.98 Å². The molecule has 136 valence electrons. The largest absolute Gasteiger partial charge is 0.339 e. The van der Waals surface area contributed by atoms with Crippen LogP contribution in [0.1, 0.15) is 12.3 Å². The first-order chi connectivity index (χ1) is 13.2. The molecule has 4 aromatic heterocycles. The van der Waals surface area contributed by atoms with Gasteiger partial charge >= 0.3 is 0 Å². The Hall–Kier alpha value is -2.62. The Bertz CT molecular complexity index is 1060. The Balaban J connectivity index is 1.33. The third-order valence-corrected chi connectivity index (χ3v) is 5.54. The normalized spacial score (nSPS) is 10.9. The van der Waals surface area contributed by atoms with Crippen LogP contribution in [0.25, 0.3) is 22.0 Å². The summed E-state index contributed by atoms with van der Waals surface area (Å²) in [5.41, 5.74) is 1.56. The van der Waals surface area contributed by atoms with E-state index in [0.717, 1.165) is 16.1 Å². The molecule has 0 saturated carbocycles. The molecule has 0 aliphatic rings. The van der Waals surface area contributed by atoms with Crippen molar-refractivity contribution in [2.45, 2.75) is 12.8 Å². The number of carbonyl (C=O) groups excluding carboxylic acids is 1. The fourth-order valence-corrected chi connectivity index (χ4v) is 4.07. The molecule has 0 fully saturated rings. The standard InChI is InChI=1S/C17H12ClN5O2S2/c18-13-4-3-12(27-13)11-9-26-17(20-11)21-14(24)5-6-15-22-16(23-25-15)10-2-1-7-19-8-10/h1-4,7-9H,5-6H2,(H,20,21,24). The van der Waals surface area contributed by atoms with Gasteiger partial charge in [-0.1, -0.05) is 16.8 Å². The number of nitrogens with one attached hydrogen (secondary N) is 1. The first kappa shape index (κ1) is 17.8. The van der Waals surface area contributed by atoms with E-state index in [1.807, 2.05) is 23.6 Å². The van der Waals surface area contributed by atoms with Crippen LogP contribution in [0.15, 0.2) is 46.6 Å². The van der Waals surface area contributed by atoms with Gasteiger partial charge in [-0.3, -0.25) is 9.78 Å². The molecule has 0 aliphatic carbocycles. The first-order valence-corrected chi connectivity index (χ1v) is 9.99. The first-order valence-electron chi connectivity index (χ1n) is 7.91. The van der Waals surface area contributed by atoms with E-state index in [1.165, 1.54) is 22.7 Å². The van der Waals surface area contributed by atoms with Gasteiger partial charge in [0.2, 0.25) is 17.6 Å². The molecule has 1 N–H and O–H groups in total. The quantitative estimate of drug-likeness (QED) is 0.495. The Labute approximate surface area is 167 Å². The van der Waals surface area contributed by atoms with Crippen molar-refractivity contribution >= 4 is 45.3 Å². The second kappa shape index (κ2) is 7.95. The highest BCUT2D eigenvalue weighted by molar-refractivity contribution is 7.20. The van der Waals surface area contributed by atoms with E-state index in [-0.39, 0.29) is 12.3 Å². The van der Waals surface area contributed by atoms with Gasteiger partial charge in [0.15, 0.2) is 5.13 Å². The molecule has 27 heavy (non-hydrogen) atoms. The summed E-state index contributed by atoms with van der Waals surface area (Å²) in [7, 11) is 0. The maximum atomic E-state index is 12.1. The van der Waals surface area contributed by atoms with Crippen LogP contribution in [0, 0.1) is 0 Å². The molecule has 0 saturated heterocycles. The number of hydrogen-bond donors (Lipinski definition) is 1. The number of halogens is 1. The predicted molar refractivity (Wildman–Crippen MR) is 105 cm³/mol. The summed E-state index contributed by atoms with van der Waals surface area (Å²) in [6, 6.07) is 7.37. The molecule has 0 unspecified atom stereocenters. The van der Waals surface area contributed by atoms with Crippen LogP contribution in [-0.2, 0) is 11.2 Å². The van der Waals surface area contributed by atoms with E-state index in [2.05, 4.69) is 25.4 Å². The van der Waals surface area contributed by atoms with E-state index in [4.69, 9.17) is 16.1 Å². The lowest BCUT2D eigenvalue weighted by Gasteiger charge is -1.99. The van der Waals surface area contributed by atoms with Crippen LogP contribution in [-0.4, -0.2) is 26.0 Å². The summed E-state index contributed by atoms with van der Waals surface area (Å²) in [6.07, 6.45) is 3.89. The second-order valence-corrected chi connectivity index (χ2v) is 8.02. The van der Waals surface area contributed by atoms with Crippen molar-refractivity contribution in [2.75, 3.05) is 5.32 Å². The zero-order chi connectivity index (χ0) is 18.6. The average molecular weight is 418 g/mol. The molecule has 10 heteroatoms. The predicted octanol–water partition coefficient (Wildman–Crippen LogP) is 4.54. The van der Waals surface area contributed by atoms with Crippen LogP contribution >= 0.6 is 34.3 Å². The third kappa shape index (κ3) is 4.38. The van der Waals surface area contributed by atoms with E-state index in [0.29, 0.717) is 27.6 Å². The number of aromatic nitrogens is 4. The van der Waals surface area contributed by atoms with Crippen molar-refractivity contribution in [3.05, 3.63) is 52.3 Å². The van der Waals surface area contributed by atoms with Gasteiger partial charge < -0.3 is 9.84 Å². The van der Waals surface area contributed by atoms with Crippen molar-refractivity contribution in [3.63, 3.8) is 0 Å². The number of amides is 1. The zero-order valence-electron chi connectivity index (χ0n) is 13.8. The summed E-state index contributed by atoms with van der Waals surface area (Å²) in [6.45, 7) is 0. The summed E-state index contributed by atoms with van der Waals surface area (Å²) < 4.78 is 5.89. The lowest BCUT2D eigenvalue weighted by atomic mass is 10.2. The van der Waals surface area contributed by atoms with E-state index in [9.17, 15) is 4.79 Å². The number of thiazole rings is 1. The topological polar surface area (TPSA) is 93.8 Å². The molecule has 4 rings (SSSR count). The lowest BCUT2D eigenvalue weighted by Crippen LogP contribution is -2.12. The highest BCUT2D eigenvalue weighted by atomic mass is 35.5. The monoisotopic (exact) mass is 417 g/mol. The Morgan fingerprint density at radius 2 is 2.19 bits per heavy atom. The van der Waals surface area contributed by atoms with E-state index < -0.39 is 0 Å². The molecule has 1 amide bonds. The van der Waals surface area contributed by atoms with Gasteiger partial charge in [-0.15, -0.1) is 22.7 Å². The summed E-state index contributed by atoms with van der Waals surface area (Å²) in [5, 5.41) is 9.12. The molecule has 0 aliphatic heterocycles. The maximum absolute atomic E-state index is 12.1. The van der Waals surface area contributed by atoms with Crippen molar-refractivity contribution < 1.29 is 9.32 Å². The Morgan fingerprint density at radius 1 is 1.26 bits per heavy atom. The molecular weight excluding hydrogens is 406 g/mol. The third-order valence-electron chi connectivity index (χ3n) is 3.53. The molecule has 0 aromatic carbocycles. The minimum atomic E-state index is -0.166. The second-order valence-electron chi connectivity index (χ2n) is 5.44. The number of anilines is 1. The SMILES string of the molecule is O=C(CCc1nc(-c2cccnc2)no1)Nc1nc(-c2ccc(Cl)s2)cs1. The Morgan fingerprint density at radius 3 is 2.96 bits per heavy atom. The van der Waals surface area contributed by atoms with Crippen LogP contribution in [0.2, 0.25) is 4.34 Å². The van der Waals surface area contributed by atoms with Gasteiger partial charge in [-0.25, -0.2) is 4.98 Å². The minimum absolute atomic E-state index is 0.166. The summed E-state index contributed by atoms with van der Waals surface area (Å²) >= 11 is 8.76. The van der Waals surface area contributed by atoms with Crippen LogP contribution < -0.4 is 5.32 Å². The number of aryl methyl sites for hydroxylation is 1. The van der Waals surface area contributed by atoms with Crippen LogP contribution in [0.5, 0.6) is 0 Å². The van der Waals surface area contributed by atoms with Crippen molar-refractivity contribution in [1.82, 2.24) is 20.1 Å². The van der Waals surface area contributed by atoms with Gasteiger partial charge in [0.1, 0.15) is 0 Å². The van der Waals surface area contributed by atoms with E-state index in [1.54, 1.807) is 18.5 Å².